The Kier molecular flexibility index (Phi) is 5.03. The van der Waals surface area contributed by atoms with Gasteiger partial charge in [-0.3, -0.25) is 9.59 Å². The molecule has 0 saturated carbocycles. The number of nitrogens with zero attached hydrogens (tertiary/aromatic N) is 2. The number of aromatic nitrogens is 3. The van der Waals surface area contributed by atoms with Crippen LogP contribution in [0.2, 0.25) is 0 Å². The Balaban J connectivity index is 1.89. The van der Waals surface area contributed by atoms with Crippen molar-refractivity contribution in [3.05, 3.63) is 81.9 Å². The number of rotatable bonds is 6. The van der Waals surface area contributed by atoms with E-state index in [0.29, 0.717) is 23.7 Å². The minimum atomic E-state index is -0.546. The zero-order valence-corrected chi connectivity index (χ0v) is 13.7. The van der Waals surface area contributed by atoms with Crippen molar-refractivity contribution in [2.75, 3.05) is 0 Å². The van der Waals surface area contributed by atoms with Crippen LogP contribution in [0.1, 0.15) is 47.0 Å². The van der Waals surface area contributed by atoms with Crippen molar-refractivity contribution in [3.8, 4) is 0 Å². The van der Waals surface area contributed by atoms with Crippen LogP contribution < -0.4 is 10.9 Å². The predicted molar refractivity (Wildman–Crippen MR) is 91.1 cm³/mol. The quantitative estimate of drug-likeness (QED) is 0.718. The van der Waals surface area contributed by atoms with Crippen LogP contribution in [0.15, 0.2) is 58.0 Å². The molecule has 0 fully saturated rings. The molecule has 1 amide bonds. The molecule has 0 bridgehead atoms. The normalized spacial score (nSPS) is 11.9. The van der Waals surface area contributed by atoms with Crippen LogP contribution in [0.5, 0.6) is 0 Å². The van der Waals surface area contributed by atoms with Crippen molar-refractivity contribution in [2.24, 2.45) is 0 Å². The average Bonchev–Trinajstić information content (AvgIpc) is 3.09. The molecule has 7 heteroatoms. The van der Waals surface area contributed by atoms with Crippen LogP contribution in [0, 0.1) is 0 Å². The Labute approximate surface area is 144 Å². The second-order valence-corrected chi connectivity index (χ2v) is 5.56. The van der Waals surface area contributed by atoms with Gasteiger partial charge >= 0.3 is 0 Å². The van der Waals surface area contributed by atoms with Crippen molar-refractivity contribution in [2.45, 2.75) is 25.8 Å². The Hall–Kier alpha value is -3.22. The molecule has 7 nitrogen and oxygen atoms in total. The largest absolute Gasteiger partial charge is 0.339 e. The van der Waals surface area contributed by atoms with Gasteiger partial charge in [0.15, 0.2) is 5.82 Å². The third-order valence-electron chi connectivity index (χ3n) is 3.66. The van der Waals surface area contributed by atoms with Crippen LogP contribution in [0.25, 0.3) is 0 Å². The average molecular weight is 338 g/mol. The molecule has 3 rings (SSSR count). The number of hydrogen-bond acceptors (Lipinski definition) is 5. The lowest BCUT2D eigenvalue weighted by molar-refractivity contribution is 0.0941. The smallest absolute Gasteiger partial charge is 0.253 e. The number of carbonyl (C=O) groups is 1. The van der Waals surface area contributed by atoms with E-state index in [1.807, 2.05) is 37.3 Å². The molecule has 2 N–H and O–H groups in total. The molecule has 0 saturated heterocycles. The first kappa shape index (κ1) is 16.6. The number of hydrogen-bond donors (Lipinski definition) is 2. The van der Waals surface area contributed by atoms with E-state index in [1.54, 1.807) is 0 Å². The van der Waals surface area contributed by atoms with Gasteiger partial charge in [0.25, 0.3) is 5.91 Å². The van der Waals surface area contributed by atoms with Gasteiger partial charge in [0.1, 0.15) is 6.04 Å². The molecule has 1 atom stereocenters. The number of pyridine rings is 1. The summed E-state index contributed by atoms with van der Waals surface area (Å²) in [5, 5.41) is 6.91. The van der Waals surface area contributed by atoms with E-state index in [2.05, 4.69) is 20.4 Å². The highest BCUT2D eigenvalue weighted by atomic mass is 16.5. The van der Waals surface area contributed by atoms with Gasteiger partial charge in [-0.25, -0.2) is 0 Å². The lowest BCUT2D eigenvalue weighted by Gasteiger charge is -2.15. The van der Waals surface area contributed by atoms with E-state index in [4.69, 9.17) is 4.52 Å². The van der Waals surface area contributed by atoms with Crippen molar-refractivity contribution in [3.63, 3.8) is 0 Å². The first-order chi connectivity index (χ1) is 12.2. The number of H-pyrrole nitrogens is 1. The van der Waals surface area contributed by atoms with Crippen LogP contribution in [0.4, 0.5) is 0 Å². The number of amides is 1. The summed E-state index contributed by atoms with van der Waals surface area (Å²) in [4.78, 5) is 30.6. The molecule has 3 aromatic rings. The SMILES string of the molecule is CCCc1nc([C@@H](NC(=O)c2ccc(=O)[nH]c2)c2ccccc2)no1. The first-order valence-electron chi connectivity index (χ1n) is 8.04. The van der Waals surface area contributed by atoms with Gasteiger partial charge < -0.3 is 14.8 Å². The molecule has 2 heterocycles. The van der Waals surface area contributed by atoms with E-state index in [-0.39, 0.29) is 11.5 Å². The standard InChI is InChI=1S/C18H18N4O3/c1-2-6-15-20-17(22-25-15)16(12-7-4-3-5-8-12)21-18(24)13-9-10-14(23)19-11-13/h3-5,7-11,16H,2,6H2,1H3,(H,19,23)(H,21,24)/t16-/m0/s1. The van der Waals surface area contributed by atoms with Crippen molar-refractivity contribution < 1.29 is 9.32 Å². The molecular formula is C18H18N4O3. The maximum Gasteiger partial charge on any atom is 0.253 e. The third-order valence-corrected chi connectivity index (χ3v) is 3.66. The second-order valence-electron chi connectivity index (χ2n) is 5.56. The molecule has 0 aliphatic rings. The lowest BCUT2D eigenvalue weighted by atomic mass is 10.1. The van der Waals surface area contributed by atoms with Gasteiger partial charge in [0, 0.05) is 18.7 Å². The highest BCUT2D eigenvalue weighted by molar-refractivity contribution is 5.94. The van der Waals surface area contributed by atoms with Gasteiger partial charge in [0.05, 0.1) is 5.56 Å². The number of aromatic amines is 1. The van der Waals surface area contributed by atoms with Crippen LogP contribution in [-0.4, -0.2) is 21.0 Å². The van der Waals surface area contributed by atoms with Gasteiger partial charge in [-0.1, -0.05) is 42.4 Å². The zero-order chi connectivity index (χ0) is 17.6. The zero-order valence-electron chi connectivity index (χ0n) is 13.7. The van der Waals surface area contributed by atoms with Gasteiger partial charge in [-0.2, -0.15) is 4.98 Å². The third kappa shape index (κ3) is 4.00. The summed E-state index contributed by atoms with van der Waals surface area (Å²) >= 11 is 0. The fraction of sp³-hybridized carbons (Fsp3) is 0.222. The summed E-state index contributed by atoms with van der Waals surface area (Å²) in [6.45, 7) is 2.02. The van der Waals surface area contributed by atoms with E-state index in [1.165, 1.54) is 18.3 Å². The Bertz CT molecular complexity index is 881. The Morgan fingerprint density at radius 2 is 2.04 bits per heavy atom. The number of nitrogens with one attached hydrogen (secondary N) is 2. The molecule has 0 aliphatic carbocycles. The molecule has 2 aromatic heterocycles. The molecule has 0 radical (unpaired) electrons. The maximum atomic E-state index is 12.5. The van der Waals surface area contributed by atoms with E-state index >= 15 is 0 Å². The van der Waals surface area contributed by atoms with Crippen LogP contribution in [0.3, 0.4) is 0 Å². The summed E-state index contributed by atoms with van der Waals surface area (Å²) < 4.78 is 5.25. The molecule has 0 spiro atoms. The summed E-state index contributed by atoms with van der Waals surface area (Å²) in [6.07, 6.45) is 2.95. The Morgan fingerprint density at radius 1 is 1.24 bits per heavy atom. The van der Waals surface area contributed by atoms with E-state index in [9.17, 15) is 9.59 Å². The van der Waals surface area contributed by atoms with E-state index in [0.717, 1.165) is 12.0 Å². The van der Waals surface area contributed by atoms with Crippen molar-refractivity contribution in [1.29, 1.82) is 0 Å². The molecule has 128 valence electrons. The fourth-order valence-corrected chi connectivity index (χ4v) is 2.41. The molecular weight excluding hydrogens is 320 g/mol. The topological polar surface area (TPSA) is 101 Å². The highest BCUT2D eigenvalue weighted by Gasteiger charge is 2.23. The number of benzene rings is 1. The van der Waals surface area contributed by atoms with Gasteiger partial charge in [-0.15, -0.1) is 0 Å². The summed E-state index contributed by atoms with van der Waals surface area (Å²) in [5.74, 6) is 0.594. The number of carbonyl (C=O) groups excluding carboxylic acids is 1. The second kappa shape index (κ2) is 7.57. The minimum Gasteiger partial charge on any atom is -0.339 e. The fourth-order valence-electron chi connectivity index (χ4n) is 2.41. The summed E-state index contributed by atoms with van der Waals surface area (Å²) in [6, 6.07) is 11.6. The van der Waals surface area contributed by atoms with Gasteiger partial charge in [0.2, 0.25) is 11.4 Å². The summed E-state index contributed by atoms with van der Waals surface area (Å²) in [7, 11) is 0. The monoisotopic (exact) mass is 338 g/mol. The minimum absolute atomic E-state index is 0.265. The molecule has 0 unspecified atom stereocenters. The highest BCUT2D eigenvalue weighted by Crippen LogP contribution is 2.20. The maximum absolute atomic E-state index is 12.5. The molecule has 0 aliphatic heterocycles. The summed E-state index contributed by atoms with van der Waals surface area (Å²) in [5.41, 5.74) is 0.917. The van der Waals surface area contributed by atoms with Crippen molar-refractivity contribution in [1.82, 2.24) is 20.4 Å². The molecule has 25 heavy (non-hydrogen) atoms. The first-order valence-corrected chi connectivity index (χ1v) is 8.04. The molecule has 1 aromatic carbocycles. The van der Waals surface area contributed by atoms with Crippen molar-refractivity contribution >= 4 is 5.91 Å². The number of aryl methyl sites for hydroxylation is 1. The van der Waals surface area contributed by atoms with Gasteiger partial charge in [-0.05, 0) is 18.1 Å². The van der Waals surface area contributed by atoms with Crippen LogP contribution >= 0.6 is 0 Å². The Morgan fingerprint density at radius 3 is 2.72 bits per heavy atom. The van der Waals surface area contributed by atoms with E-state index < -0.39 is 6.04 Å². The lowest BCUT2D eigenvalue weighted by Crippen LogP contribution is -2.30. The van der Waals surface area contributed by atoms with Crippen LogP contribution in [-0.2, 0) is 6.42 Å². The predicted octanol–water partition coefficient (Wildman–Crippen LogP) is 2.23.